The van der Waals surface area contributed by atoms with Gasteiger partial charge in [0.15, 0.2) is 4.47 Å². The highest BCUT2D eigenvalue weighted by atomic mass is 35.5. The van der Waals surface area contributed by atoms with Crippen molar-refractivity contribution in [1.29, 1.82) is 0 Å². The van der Waals surface area contributed by atoms with Crippen LogP contribution in [0.3, 0.4) is 0 Å². The highest BCUT2D eigenvalue weighted by molar-refractivity contribution is 7.15. The Balaban J connectivity index is 1.76. The van der Waals surface area contributed by atoms with Gasteiger partial charge in [-0.3, -0.25) is 10.1 Å². The van der Waals surface area contributed by atoms with E-state index >= 15 is 0 Å². The molecule has 1 aromatic heterocycles. The van der Waals surface area contributed by atoms with Crippen molar-refractivity contribution in [2.45, 2.75) is 6.54 Å². The summed E-state index contributed by atoms with van der Waals surface area (Å²) in [5, 5.41) is 14.4. The maximum atomic E-state index is 11.1. The van der Waals surface area contributed by atoms with Crippen LogP contribution in [0.2, 0.25) is 4.47 Å². The Morgan fingerprint density at radius 1 is 1.17 bits per heavy atom. The zero-order chi connectivity index (χ0) is 16.2. The minimum atomic E-state index is -0.366. The van der Waals surface area contributed by atoms with Gasteiger partial charge in [-0.1, -0.05) is 35.9 Å². The quantitative estimate of drug-likeness (QED) is 0.522. The molecule has 2 aromatic carbocycles. The third kappa shape index (κ3) is 3.67. The molecule has 0 saturated carbocycles. The summed E-state index contributed by atoms with van der Waals surface area (Å²) in [6.07, 6.45) is 1.74. The maximum absolute atomic E-state index is 11.1. The third-order valence-corrected chi connectivity index (χ3v) is 4.40. The molecule has 0 atom stereocenters. The average Bonchev–Trinajstić information content (AvgIpc) is 2.99. The first kappa shape index (κ1) is 15.5. The van der Waals surface area contributed by atoms with Gasteiger partial charge < -0.3 is 5.32 Å². The molecule has 3 rings (SSSR count). The molecule has 0 amide bonds. The molecule has 0 spiro atoms. The largest absolute Gasteiger partial charge is 0.380 e. The second-order valence-electron chi connectivity index (χ2n) is 4.78. The number of nitrogens with one attached hydrogen (secondary N) is 1. The van der Waals surface area contributed by atoms with Crippen LogP contribution in [-0.2, 0) is 6.54 Å². The van der Waals surface area contributed by atoms with Gasteiger partial charge in [-0.05, 0) is 23.8 Å². The lowest BCUT2D eigenvalue weighted by Gasteiger charge is -2.07. The molecule has 0 unspecified atom stereocenters. The molecular formula is C16H12ClN3O2S. The molecule has 0 aliphatic carbocycles. The van der Waals surface area contributed by atoms with E-state index in [-0.39, 0.29) is 10.6 Å². The molecule has 5 nitrogen and oxygen atoms in total. The Morgan fingerprint density at radius 3 is 2.57 bits per heavy atom. The molecule has 0 saturated heterocycles. The van der Waals surface area contributed by atoms with E-state index in [9.17, 15) is 10.1 Å². The Morgan fingerprint density at radius 2 is 1.91 bits per heavy atom. The highest BCUT2D eigenvalue weighted by Crippen LogP contribution is 2.30. The van der Waals surface area contributed by atoms with Gasteiger partial charge in [0.1, 0.15) is 0 Å². The predicted octanol–water partition coefficient (Wildman–Crippen LogP) is 4.98. The van der Waals surface area contributed by atoms with Gasteiger partial charge in [0.05, 0.1) is 17.0 Å². The van der Waals surface area contributed by atoms with Crippen molar-refractivity contribution in [3.8, 4) is 11.1 Å². The minimum absolute atomic E-state index is 0.104. The van der Waals surface area contributed by atoms with E-state index in [2.05, 4.69) is 10.3 Å². The van der Waals surface area contributed by atoms with Crippen LogP contribution in [0.25, 0.3) is 11.1 Å². The van der Waals surface area contributed by atoms with E-state index < -0.39 is 0 Å². The highest BCUT2D eigenvalue weighted by Gasteiger charge is 2.13. The Bertz CT molecular complexity index is 833. The van der Waals surface area contributed by atoms with Crippen LogP contribution in [-0.4, -0.2) is 9.91 Å². The fourth-order valence-electron chi connectivity index (χ4n) is 2.20. The normalized spacial score (nSPS) is 10.5. The van der Waals surface area contributed by atoms with Crippen LogP contribution in [0, 0.1) is 10.1 Å². The van der Waals surface area contributed by atoms with Crippen LogP contribution in [0.4, 0.5) is 11.4 Å². The first-order chi connectivity index (χ1) is 11.1. The van der Waals surface area contributed by atoms with Gasteiger partial charge in [-0.25, -0.2) is 4.98 Å². The number of para-hydroxylation sites is 1. The van der Waals surface area contributed by atoms with E-state index in [0.29, 0.717) is 16.6 Å². The Hall–Kier alpha value is -2.44. The molecule has 7 heteroatoms. The van der Waals surface area contributed by atoms with Gasteiger partial charge in [0, 0.05) is 22.8 Å². The van der Waals surface area contributed by atoms with Crippen LogP contribution < -0.4 is 5.32 Å². The number of hydrogen-bond donors (Lipinski definition) is 1. The summed E-state index contributed by atoms with van der Waals surface area (Å²) in [6, 6.07) is 14.2. The van der Waals surface area contributed by atoms with Crippen molar-refractivity contribution >= 4 is 34.3 Å². The Kier molecular flexibility index (Phi) is 4.55. The van der Waals surface area contributed by atoms with Gasteiger partial charge in [-0.2, -0.15) is 0 Å². The number of thiazole rings is 1. The molecule has 23 heavy (non-hydrogen) atoms. The van der Waals surface area contributed by atoms with Crippen molar-refractivity contribution in [3.05, 3.63) is 74.2 Å². The van der Waals surface area contributed by atoms with Gasteiger partial charge in [0.2, 0.25) is 0 Å². The van der Waals surface area contributed by atoms with E-state index in [1.807, 2.05) is 24.3 Å². The number of halogens is 1. The summed E-state index contributed by atoms with van der Waals surface area (Å²) < 4.78 is 0.522. The fraction of sp³-hybridized carbons (Fsp3) is 0.0625. The number of hydrogen-bond acceptors (Lipinski definition) is 5. The predicted molar refractivity (Wildman–Crippen MR) is 93.0 cm³/mol. The van der Waals surface area contributed by atoms with E-state index in [4.69, 9.17) is 11.6 Å². The lowest BCUT2D eigenvalue weighted by atomic mass is 10.0. The van der Waals surface area contributed by atoms with Crippen molar-refractivity contribution < 1.29 is 4.92 Å². The lowest BCUT2D eigenvalue weighted by molar-refractivity contribution is -0.384. The number of nitro benzene ring substituents is 1. The van der Waals surface area contributed by atoms with Crippen molar-refractivity contribution in [1.82, 2.24) is 4.98 Å². The van der Waals surface area contributed by atoms with Crippen LogP contribution in [0.5, 0.6) is 0 Å². The summed E-state index contributed by atoms with van der Waals surface area (Å²) in [6.45, 7) is 0.634. The van der Waals surface area contributed by atoms with Gasteiger partial charge in [-0.15, -0.1) is 11.3 Å². The lowest BCUT2D eigenvalue weighted by Crippen LogP contribution is -1.97. The van der Waals surface area contributed by atoms with Crippen molar-refractivity contribution in [3.63, 3.8) is 0 Å². The maximum Gasteiger partial charge on any atom is 0.277 e. The number of benzene rings is 2. The van der Waals surface area contributed by atoms with E-state index in [1.165, 1.54) is 17.4 Å². The molecule has 116 valence electrons. The van der Waals surface area contributed by atoms with Gasteiger partial charge in [0.25, 0.3) is 5.69 Å². The van der Waals surface area contributed by atoms with Gasteiger partial charge >= 0.3 is 0 Å². The summed E-state index contributed by atoms with van der Waals surface area (Å²) >= 11 is 7.22. The fourth-order valence-corrected chi connectivity index (χ4v) is 3.12. The first-order valence-corrected chi connectivity index (χ1v) is 8.01. The molecule has 0 aliphatic heterocycles. The number of anilines is 1. The molecule has 3 aromatic rings. The van der Waals surface area contributed by atoms with Crippen LogP contribution in [0.1, 0.15) is 4.88 Å². The molecular weight excluding hydrogens is 334 g/mol. The molecule has 0 bridgehead atoms. The second kappa shape index (κ2) is 6.76. The molecule has 0 aliphatic rings. The summed E-state index contributed by atoms with van der Waals surface area (Å²) in [7, 11) is 0. The summed E-state index contributed by atoms with van der Waals surface area (Å²) in [5.41, 5.74) is 2.45. The summed E-state index contributed by atoms with van der Waals surface area (Å²) in [4.78, 5) is 15.8. The monoisotopic (exact) mass is 345 g/mol. The van der Waals surface area contributed by atoms with E-state index in [1.54, 1.807) is 24.4 Å². The van der Waals surface area contributed by atoms with Crippen LogP contribution >= 0.6 is 22.9 Å². The summed E-state index contributed by atoms with van der Waals surface area (Å²) in [5.74, 6) is 0. The topological polar surface area (TPSA) is 68.1 Å². The molecule has 1 N–H and O–H groups in total. The Labute approximate surface area is 141 Å². The number of aromatic nitrogens is 1. The molecule has 0 radical (unpaired) electrons. The number of rotatable bonds is 5. The van der Waals surface area contributed by atoms with E-state index in [0.717, 1.165) is 16.1 Å². The van der Waals surface area contributed by atoms with Crippen LogP contribution in [0.15, 0.2) is 54.7 Å². The number of nitrogens with zero attached hydrogens (tertiary/aromatic N) is 2. The standard InChI is InChI=1S/C16H12ClN3O2S/c17-16-19-10-13(23-16)9-18-12-7-5-11(6-8-12)14-3-1-2-4-15(14)20(21)22/h1-8,10,18H,9H2. The number of nitro groups is 1. The zero-order valence-electron chi connectivity index (χ0n) is 11.9. The smallest absolute Gasteiger partial charge is 0.277 e. The molecule has 1 heterocycles. The first-order valence-electron chi connectivity index (χ1n) is 6.81. The zero-order valence-corrected chi connectivity index (χ0v) is 13.5. The van der Waals surface area contributed by atoms with Crippen molar-refractivity contribution in [2.24, 2.45) is 0 Å². The third-order valence-electron chi connectivity index (χ3n) is 3.29. The molecule has 0 fully saturated rings. The SMILES string of the molecule is O=[N+]([O-])c1ccccc1-c1ccc(NCc2cnc(Cl)s2)cc1. The second-order valence-corrected chi connectivity index (χ2v) is 6.48. The average molecular weight is 346 g/mol. The minimum Gasteiger partial charge on any atom is -0.380 e. The van der Waals surface area contributed by atoms with Crippen molar-refractivity contribution in [2.75, 3.05) is 5.32 Å².